The third-order valence-corrected chi connectivity index (χ3v) is 5.67. The van der Waals surface area contributed by atoms with Gasteiger partial charge >= 0.3 is 0 Å². The first-order chi connectivity index (χ1) is 13.9. The molecule has 172 valence electrons. The molecule has 10 heteroatoms. The summed E-state index contributed by atoms with van der Waals surface area (Å²) in [6.45, 7) is 5.67. The fourth-order valence-electron chi connectivity index (χ4n) is 3.24. The molecule has 0 saturated carbocycles. The Labute approximate surface area is 197 Å². The second kappa shape index (κ2) is 13.2. The lowest BCUT2D eigenvalue weighted by atomic mass is 9.98. The number of aliphatic imine (C=N–C) groups is 1. The summed E-state index contributed by atoms with van der Waals surface area (Å²) in [5.74, 6) is 2.86. The van der Waals surface area contributed by atoms with Gasteiger partial charge in [-0.25, -0.2) is 8.42 Å². The van der Waals surface area contributed by atoms with Crippen LogP contribution in [0.2, 0.25) is 0 Å². The van der Waals surface area contributed by atoms with Crippen molar-refractivity contribution in [2.24, 2.45) is 4.99 Å². The minimum Gasteiger partial charge on any atom is -0.497 e. The smallest absolute Gasteiger partial charge is 0.194 e. The zero-order valence-electron chi connectivity index (χ0n) is 18.2. The number of nitrogens with zero attached hydrogens (tertiary/aromatic N) is 2. The number of hydrogen-bond acceptors (Lipinski definition) is 6. The third kappa shape index (κ3) is 8.84. The van der Waals surface area contributed by atoms with Crippen LogP contribution in [0.5, 0.6) is 11.5 Å². The number of methoxy groups -OCH3 is 2. The van der Waals surface area contributed by atoms with Crippen LogP contribution in [0.25, 0.3) is 0 Å². The van der Waals surface area contributed by atoms with Crippen molar-refractivity contribution in [2.45, 2.75) is 19.3 Å². The first-order valence-electron chi connectivity index (χ1n) is 9.88. The van der Waals surface area contributed by atoms with Crippen molar-refractivity contribution in [2.75, 3.05) is 65.6 Å². The summed E-state index contributed by atoms with van der Waals surface area (Å²) in [4.78, 5) is 6.88. The average Bonchev–Trinajstić information content (AvgIpc) is 3.18. The molecule has 1 unspecified atom stereocenters. The molecule has 1 fully saturated rings. The van der Waals surface area contributed by atoms with E-state index < -0.39 is 9.84 Å². The van der Waals surface area contributed by atoms with Gasteiger partial charge in [0.05, 0.1) is 39.7 Å². The maximum absolute atomic E-state index is 11.1. The van der Waals surface area contributed by atoms with Crippen molar-refractivity contribution >= 4 is 39.8 Å². The number of benzene rings is 1. The number of rotatable bonds is 10. The lowest BCUT2D eigenvalue weighted by molar-refractivity contribution is 0.157. The molecule has 1 aliphatic heterocycles. The van der Waals surface area contributed by atoms with Gasteiger partial charge in [-0.05, 0) is 31.0 Å². The number of likely N-dealkylation sites (tertiary alicyclic amines) is 1. The molecular weight excluding hydrogens is 521 g/mol. The summed E-state index contributed by atoms with van der Waals surface area (Å²) < 4.78 is 38.4. The zero-order valence-corrected chi connectivity index (χ0v) is 21.4. The van der Waals surface area contributed by atoms with Crippen LogP contribution >= 0.6 is 24.0 Å². The molecule has 1 aromatic rings. The van der Waals surface area contributed by atoms with Crippen molar-refractivity contribution in [1.29, 1.82) is 0 Å². The lowest BCUT2D eigenvalue weighted by Gasteiger charge is -2.22. The second-order valence-corrected chi connectivity index (χ2v) is 9.32. The standard InChI is InChI=1S/C20H33N3O5S.HI/c1-5-21-20(22-7-9-28-10-11-29(4,24)25)23-8-6-16(15-23)17-12-18(26-2)14-19(13-17)27-3;/h12-14,16H,5-11,15H2,1-4H3,(H,21,22);1H. The lowest BCUT2D eigenvalue weighted by Crippen LogP contribution is -2.40. The molecule has 2 rings (SSSR count). The molecule has 0 radical (unpaired) electrons. The van der Waals surface area contributed by atoms with Gasteiger partial charge < -0.3 is 24.4 Å². The molecule has 0 aromatic heterocycles. The van der Waals surface area contributed by atoms with Crippen molar-refractivity contribution in [3.8, 4) is 11.5 Å². The van der Waals surface area contributed by atoms with Crippen LogP contribution in [0, 0.1) is 0 Å². The van der Waals surface area contributed by atoms with Crippen LogP contribution in [-0.4, -0.2) is 84.9 Å². The largest absolute Gasteiger partial charge is 0.497 e. The van der Waals surface area contributed by atoms with E-state index in [0.717, 1.165) is 43.5 Å². The first kappa shape index (κ1) is 26.8. The summed E-state index contributed by atoms with van der Waals surface area (Å²) in [5, 5.41) is 3.33. The fraction of sp³-hybridized carbons (Fsp3) is 0.650. The normalized spacial score (nSPS) is 16.9. The minimum atomic E-state index is -2.99. The molecule has 1 aliphatic rings. The van der Waals surface area contributed by atoms with Gasteiger partial charge in [0.15, 0.2) is 5.96 Å². The summed E-state index contributed by atoms with van der Waals surface area (Å²) in [5.41, 5.74) is 1.20. The predicted molar refractivity (Wildman–Crippen MR) is 130 cm³/mol. The number of halogens is 1. The molecule has 0 amide bonds. The quantitative estimate of drug-likeness (QED) is 0.205. The Kier molecular flexibility index (Phi) is 11.8. The van der Waals surface area contributed by atoms with Crippen molar-refractivity contribution in [3.63, 3.8) is 0 Å². The van der Waals surface area contributed by atoms with E-state index in [-0.39, 0.29) is 36.3 Å². The van der Waals surface area contributed by atoms with Crippen LogP contribution in [-0.2, 0) is 14.6 Å². The first-order valence-corrected chi connectivity index (χ1v) is 11.9. The van der Waals surface area contributed by atoms with E-state index in [0.29, 0.717) is 19.1 Å². The number of hydrogen-bond donors (Lipinski definition) is 1. The van der Waals surface area contributed by atoms with Crippen LogP contribution in [0.4, 0.5) is 0 Å². The Morgan fingerprint density at radius 1 is 1.20 bits per heavy atom. The third-order valence-electron chi connectivity index (χ3n) is 4.76. The van der Waals surface area contributed by atoms with Gasteiger partial charge in [-0.15, -0.1) is 24.0 Å². The van der Waals surface area contributed by atoms with Gasteiger partial charge in [0, 0.05) is 37.9 Å². The number of ether oxygens (including phenoxy) is 3. The monoisotopic (exact) mass is 555 g/mol. The highest BCUT2D eigenvalue weighted by molar-refractivity contribution is 14.0. The van der Waals surface area contributed by atoms with Crippen LogP contribution in [0.3, 0.4) is 0 Å². The summed E-state index contributed by atoms with van der Waals surface area (Å²) in [7, 11) is 0.329. The summed E-state index contributed by atoms with van der Waals surface area (Å²) in [6, 6.07) is 6.01. The zero-order chi connectivity index (χ0) is 21.3. The van der Waals surface area contributed by atoms with Gasteiger partial charge in [0.1, 0.15) is 21.3 Å². The number of nitrogens with one attached hydrogen (secondary N) is 1. The van der Waals surface area contributed by atoms with Crippen molar-refractivity contribution in [3.05, 3.63) is 23.8 Å². The van der Waals surface area contributed by atoms with E-state index in [9.17, 15) is 8.42 Å². The fourth-order valence-corrected chi connectivity index (χ4v) is 3.66. The maximum Gasteiger partial charge on any atom is 0.194 e. The molecule has 1 atom stereocenters. The Hall–Kier alpha value is -1.27. The molecule has 30 heavy (non-hydrogen) atoms. The molecule has 0 aliphatic carbocycles. The molecule has 0 spiro atoms. The second-order valence-electron chi connectivity index (χ2n) is 7.06. The Balaban J connectivity index is 0.00000450. The van der Waals surface area contributed by atoms with Crippen LogP contribution in [0.1, 0.15) is 24.8 Å². The summed E-state index contributed by atoms with van der Waals surface area (Å²) >= 11 is 0. The van der Waals surface area contributed by atoms with Gasteiger partial charge in [-0.1, -0.05) is 0 Å². The van der Waals surface area contributed by atoms with Crippen molar-refractivity contribution < 1.29 is 22.6 Å². The summed E-state index contributed by atoms with van der Waals surface area (Å²) in [6.07, 6.45) is 2.23. The van der Waals surface area contributed by atoms with Gasteiger partial charge in [0.25, 0.3) is 0 Å². The van der Waals surface area contributed by atoms with Gasteiger partial charge in [-0.2, -0.15) is 0 Å². The molecule has 0 bridgehead atoms. The highest BCUT2D eigenvalue weighted by Crippen LogP contribution is 2.32. The topological polar surface area (TPSA) is 89.5 Å². The Morgan fingerprint density at radius 3 is 2.43 bits per heavy atom. The van der Waals surface area contributed by atoms with Crippen molar-refractivity contribution in [1.82, 2.24) is 10.2 Å². The Bertz CT molecular complexity index is 766. The molecule has 8 nitrogen and oxygen atoms in total. The average molecular weight is 555 g/mol. The van der Waals surface area contributed by atoms with E-state index in [2.05, 4.69) is 27.3 Å². The molecule has 1 N–H and O–H groups in total. The van der Waals surface area contributed by atoms with Crippen LogP contribution < -0.4 is 14.8 Å². The van der Waals surface area contributed by atoms with Crippen LogP contribution in [0.15, 0.2) is 23.2 Å². The van der Waals surface area contributed by atoms with E-state index in [1.165, 1.54) is 11.8 Å². The molecule has 1 aromatic carbocycles. The predicted octanol–water partition coefficient (Wildman–Crippen LogP) is 2.14. The highest BCUT2D eigenvalue weighted by Gasteiger charge is 2.26. The molecule has 1 saturated heterocycles. The SMILES string of the molecule is CCNC(=NCCOCCS(C)(=O)=O)N1CCC(c2cc(OC)cc(OC)c2)C1.I. The van der Waals surface area contributed by atoms with E-state index >= 15 is 0 Å². The van der Waals surface area contributed by atoms with Gasteiger partial charge in [-0.3, -0.25) is 4.99 Å². The Morgan fingerprint density at radius 2 is 1.87 bits per heavy atom. The van der Waals surface area contributed by atoms with E-state index in [4.69, 9.17) is 14.2 Å². The minimum absolute atomic E-state index is 0. The van der Waals surface area contributed by atoms with Gasteiger partial charge in [0.2, 0.25) is 0 Å². The number of guanidine groups is 1. The molecular formula is C20H34IN3O5S. The maximum atomic E-state index is 11.1. The van der Waals surface area contributed by atoms with E-state index in [1.807, 2.05) is 13.0 Å². The number of sulfone groups is 1. The van der Waals surface area contributed by atoms with E-state index in [1.54, 1.807) is 14.2 Å². The highest BCUT2D eigenvalue weighted by atomic mass is 127. The molecule has 1 heterocycles.